The fourth-order valence-electron chi connectivity index (χ4n) is 1.77. The van der Waals surface area contributed by atoms with Crippen LogP contribution in [0.15, 0.2) is 29.2 Å². The van der Waals surface area contributed by atoms with Gasteiger partial charge in [-0.3, -0.25) is 0 Å². The molecule has 1 aromatic carbocycles. The molecular formula is C10H14ClIN2O2S. The number of hydrogen-bond acceptors (Lipinski definition) is 3. The lowest BCUT2D eigenvalue weighted by Gasteiger charge is -2.16. The molecule has 1 aliphatic heterocycles. The normalized spacial score (nSPS) is 21.2. The molecule has 0 aromatic heterocycles. The van der Waals surface area contributed by atoms with Crippen LogP contribution in [0.4, 0.5) is 0 Å². The summed E-state index contributed by atoms with van der Waals surface area (Å²) in [5.41, 5.74) is 5.73. The average molecular weight is 389 g/mol. The zero-order chi connectivity index (χ0) is 11.8. The van der Waals surface area contributed by atoms with Crippen molar-refractivity contribution in [2.24, 2.45) is 5.73 Å². The number of benzene rings is 1. The molecule has 0 radical (unpaired) electrons. The first-order chi connectivity index (χ1) is 7.51. The summed E-state index contributed by atoms with van der Waals surface area (Å²) < 4.78 is 26.8. The Morgan fingerprint density at radius 1 is 1.35 bits per heavy atom. The third-order valence-electron chi connectivity index (χ3n) is 2.64. The second-order valence-corrected chi connectivity index (χ2v) is 6.91. The molecule has 0 bridgehead atoms. The van der Waals surface area contributed by atoms with Gasteiger partial charge in [-0.2, -0.15) is 4.31 Å². The summed E-state index contributed by atoms with van der Waals surface area (Å²) in [4.78, 5) is 0.379. The third kappa shape index (κ3) is 3.11. The van der Waals surface area contributed by atoms with Crippen molar-refractivity contribution in [3.8, 4) is 0 Å². The maximum absolute atomic E-state index is 12.3. The SMILES string of the molecule is Cl.NC1CCN(S(=O)(=O)c2ccccc2I)C1. The smallest absolute Gasteiger partial charge is 0.244 e. The van der Waals surface area contributed by atoms with Crippen molar-refractivity contribution in [3.63, 3.8) is 0 Å². The lowest BCUT2D eigenvalue weighted by atomic mass is 10.3. The van der Waals surface area contributed by atoms with Gasteiger partial charge in [0.05, 0.1) is 4.90 Å². The van der Waals surface area contributed by atoms with Gasteiger partial charge in [-0.25, -0.2) is 8.42 Å². The molecule has 1 atom stereocenters. The molecule has 17 heavy (non-hydrogen) atoms. The fourth-order valence-corrected chi connectivity index (χ4v) is 4.56. The van der Waals surface area contributed by atoms with Crippen molar-refractivity contribution in [3.05, 3.63) is 27.8 Å². The molecule has 1 unspecified atom stereocenters. The highest BCUT2D eigenvalue weighted by atomic mass is 127. The van der Waals surface area contributed by atoms with Crippen LogP contribution < -0.4 is 5.73 Å². The zero-order valence-electron chi connectivity index (χ0n) is 9.04. The largest absolute Gasteiger partial charge is 0.326 e. The van der Waals surface area contributed by atoms with Crippen molar-refractivity contribution < 1.29 is 8.42 Å². The average Bonchev–Trinajstić information content (AvgIpc) is 2.66. The molecule has 1 fully saturated rings. The molecule has 1 aliphatic rings. The first-order valence-corrected chi connectivity index (χ1v) is 7.54. The molecule has 1 saturated heterocycles. The van der Waals surface area contributed by atoms with E-state index in [4.69, 9.17) is 5.73 Å². The van der Waals surface area contributed by atoms with E-state index in [1.807, 2.05) is 28.7 Å². The second kappa shape index (κ2) is 5.83. The molecule has 96 valence electrons. The minimum atomic E-state index is -3.36. The van der Waals surface area contributed by atoms with Gasteiger partial charge >= 0.3 is 0 Å². The Balaban J connectivity index is 0.00000144. The minimum absolute atomic E-state index is 0. The number of nitrogens with two attached hydrogens (primary N) is 1. The molecule has 0 amide bonds. The molecule has 4 nitrogen and oxygen atoms in total. The maximum Gasteiger partial charge on any atom is 0.244 e. The van der Waals surface area contributed by atoms with Gasteiger partial charge in [-0.15, -0.1) is 12.4 Å². The number of hydrogen-bond donors (Lipinski definition) is 1. The van der Waals surface area contributed by atoms with Crippen LogP contribution >= 0.6 is 35.0 Å². The van der Waals surface area contributed by atoms with E-state index in [0.29, 0.717) is 18.0 Å². The van der Waals surface area contributed by atoms with Crippen LogP contribution in [0.3, 0.4) is 0 Å². The monoisotopic (exact) mass is 388 g/mol. The second-order valence-electron chi connectivity index (χ2n) is 3.84. The van der Waals surface area contributed by atoms with Gasteiger partial charge in [-0.05, 0) is 41.1 Å². The molecular weight excluding hydrogens is 375 g/mol. The molecule has 7 heteroatoms. The molecule has 2 N–H and O–H groups in total. The number of rotatable bonds is 2. The minimum Gasteiger partial charge on any atom is -0.326 e. The van der Waals surface area contributed by atoms with E-state index in [2.05, 4.69) is 0 Å². The van der Waals surface area contributed by atoms with Crippen LogP contribution in [0.2, 0.25) is 0 Å². The van der Waals surface area contributed by atoms with Crippen LogP contribution in [0.5, 0.6) is 0 Å². The summed E-state index contributed by atoms with van der Waals surface area (Å²) >= 11 is 2.04. The van der Waals surface area contributed by atoms with Gasteiger partial charge in [0.1, 0.15) is 0 Å². The van der Waals surface area contributed by atoms with Crippen molar-refractivity contribution in [1.29, 1.82) is 0 Å². The predicted octanol–water partition coefficient (Wildman–Crippen LogP) is 1.43. The molecule has 1 aromatic rings. The first-order valence-electron chi connectivity index (χ1n) is 5.02. The Bertz CT molecular complexity index is 495. The van der Waals surface area contributed by atoms with Gasteiger partial charge in [-0.1, -0.05) is 12.1 Å². The van der Waals surface area contributed by atoms with Crippen molar-refractivity contribution in [2.75, 3.05) is 13.1 Å². The van der Waals surface area contributed by atoms with E-state index in [1.54, 1.807) is 18.2 Å². The van der Waals surface area contributed by atoms with Crippen molar-refractivity contribution in [1.82, 2.24) is 4.31 Å². The Kier molecular flexibility index (Phi) is 5.21. The van der Waals surface area contributed by atoms with Gasteiger partial charge < -0.3 is 5.73 Å². The molecule has 0 aliphatic carbocycles. The zero-order valence-corrected chi connectivity index (χ0v) is 12.8. The standard InChI is InChI=1S/C10H13IN2O2S.ClH/c11-9-3-1-2-4-10(9)16(14,15)13-6-5-8(12)7-13;/h1-4,8H,5-7,12H2;1H. The first kappa shape index (κ1) is 15.2. The van der Waals surface area contributed by atoms with E-state index >= 15 is 0 Å². The van der Waals surface area contributed by atoms with Crippen LogP contribution in [-0.4, -0.2) is 31.9 Å². The van der Waals surface area contributed by atoms with E-state index in [1.165, 1.54) is 4.31 Å². The van der Waals surface area contributed by atoms with E-state index in [-0.39, 0.29) is 18.4 Å². The van der Waals surface area contributed by atoms with Crippen LogP contribution in [0.25, 0.3) is 0 Å². The van der Waals surface area contributed by atoms with Crippen LogP contribution in [0.1, 0.15) is 6.42 Å². The van der Waals surface area contributed by atoms with E-state index in [9.17, 15) is 8.42 Å². The Labute approximate surface area is 121 Å². The van der Waals surface area contributed by atoms with Gasteiger partial charge in [0.25, 0.3) is 0 Å². The lowest BCUT2D eigenvalue weighted by molar-refractivity contribution is 0.472. The Hall–Kier alpha value is 0.110. The molecule has 0 spiro atoms. The van der Waals surface area contributed by atoms with Gasteiger partial charge in [0.15, 0.2) is 0 Å². The summed E-state index contributed by atoms with van der Waals surface area (Å²) in [6.45, 7) is 0.946. The van der Waals surface area contributed by atoms with Crippen LogP contribution in [0, 0.1) is 3.57 Å². The summed E-state index contributed by atoms with van der Waals surface area (Å²) in [5, 5.41) is 0. The third-order valence-corrected chi connectivity index (χ3v) is 5.87. The van der Waals surface area contributed by atoms with Gasteiger partial charge in [0.2, 0.25) is 10.0 Å². The fraction of sp³-hybridized carbons (Fsp3) is 0.400. The Morgan fingerprint density at radius 2 is 2.00 bits per heavy atom. The number of sulfonamides is 1. The molecule has 0 saturated carbocycles. The highest BCUT2D eigenvalue weighted by molar-refractivity contribution is 14.1. The summed E-state index contributed by atoms with van der Waals surface area (Å²) in [6.07, 6.45) is 0.739. The predicted molar refractivity (Wildman–Crippen MR) is 77.8 cm³/mol. The van der Waals surface area contributed by atoms with Crippen molar-refractivity contribution in [2.45, 2.75) is 17.4 Å². The maximum atomic E-state index is 12.3. The van der Waals surface area contributed by atoms with Crippen LogP contribution in [-0.2, 0) is 10.0 Å². The summed E-state index contributed by atoms with van der Waals surface area (Å²) in [6, 6.07) is 6.97. The van der Waals surface area contributed by atoms with E-state index < -0.39 is 10.0 Å². The topological polar surface area (TPSA) is 63.4 Å². The van der Waals surface area contributed by atoms with E-state index in [0.717, 1.165) is 9.99 Å². The lowest BCUT2D eigenvalue weighted by Crippen LogP contribution is -2.32. The number of halogens is 2. The highest BCUT2D eigenvalue weighted by Crippen LogP contribution is 2.24. The molecule has 2 rings (SSSR count). The quantitative estimate of drug-likeness (QED) is 0.780. The summed E-state index contributed by atoms with van der Waals surface area (Å²) in [5.74, 6) is 0. The highest BCUT2D eigenvalue weighted by Gasteiger charge is 2.31. The Morgan fingerprint density at radius 3 is 2.53 bits per heavy atom. The summed E-state index contributed by atoms with van der Waals surface area (Å²) in [7, 11) is -3.36. The number of nitrogens with zero attached hydrogens (tertiary/aromatic N) is 1. The van der Waals surface area contributed by atoms with Crippen molar-refractivity contribution >= 4 is 45.0 Å². The van der Waals surface area contributed by atoms with Gasteiger partial charge in [0, 0.05) is 22.7 Å². The molecule has 1 heterocycles.